The van der Waals surface area contributed by atoms with Crippen LogP contribution in [0.5, 0.6) is 0 Å². The number of benzene rings is 1. The normalized spacial score (nSPS) is 10.1. The van der Waals surface area contributed by atoms with Gasteiger partial charge in [-0.05, 0) is 44.0 Å². The Morgan fingerprint density at radius 2 is 1.81 bits per heavy atom. The second-order valence-electron chi connectivity index (χ2n) is 4.47. The third-order valence-corrected chi connectivity index (χ3v) is 3.48. The number of halogens is 1. The van der Waals surface area contributed by atoms with Gasteiger partial charge in [0.1, 0.15) is 0 Å². The summed E-state index contributed by atoms with van der Waals surface area (Å²) in [6.45, 7) is 4.79. The number of hydrogen-bond acceptors (Lipinski definition) is 3. The van der Waals surface area contributed by atoms with E-state index in [1.54, 1.807) is 0 Å². The maximum absolute atomic E-state index is 9.10. The first-order chi connectivity index (χ1) is 9.79. The highest BCUT2D eigenvalue weighted by Crippen LogP contribution is 2.29. The summed E-state index contributed by atoms with van der Waals surface area (Å²) in [6, 6.07) is 4.02. The van der Waals surface area contributed by atoms with Crippen molar-refractivity contribution >= 4 is 34.4 Å². The zero-order valence-electron chi connectivity index (χ0n) is 11.7. The van der Waals surface area contributed by atoms with E-state index in [4.69, 9.17) is 37.1 Å². The highest BCUT2D eigenvalue weighted by Gasteiger charge is 2.10. The summed E-state index contributed by atoms with van der Waals surface area (Å²) < 4.78 is 0. The van der Waals surface area contributed by atoms with Crippen molar-refractivity contribution < 1.29 is 19.8 Å². The number of aromatic nitrogens is 1. The molecular weight excluding hydrogens is 296 g/mol. The molecule has 0 bridgehead atoms. The molecule has 5 N–H and O–H groups in total. The molecule has 21 heavy (non-hydrogen) atoms. The summed E-state index contributed by atoms with van der Waals surface area (Å²) in [5, 5.41) is 16.8. The van der Waals surface area contributed by atoms with Crippen LogP contribution in [-0.2, 0) is 16.0 Å². The van der Waals surface area contributed by atoms with Gasteiger partial charge in [-0.25, -0.2) is 9.59 Å². The molecule has 0 saturated heterocycles. The summed E-state index contributed by atoms with van der Waals surface area (Å²) in [5.41, 5.74) is 10.4. The van der Waals surface area contributed by atoms with Crippen molar-refractivity contribution in [2.45, 2.75) is 20.3 Å². The van der Waals surface area contributed by atoms with Crippen LogP contribution in [0.1, 0.15) is 16.8 Å². The van der Waals surface area contributed by atoms with Gasteiger partial charge in [0.2, 0.25) is 0 Å². The molecule has 0 aliphatic carbocycles. The molecule has 114 valence electrons. The van der Waals surface area contributed by atoms with Gasteiger partial charge in [0.25, 0.3) is 0 Å². The predicted molar refractivity (Wildman–Crippen MR) is 80.8 cm³/mol. The Kier molecular flexibility index (Phi) is 5.75. The molecule has 0 spiro atoms. The number of fused-ring (bicyclic) bond motifs is 1. The van der Waals surface area contributed by atoms with Crippen LogP contribution in [0.3, 0.4) is 0 Å². The highest BCUT2D eigenvalue weighted by molar-refractivity contribution is 6.32. The zero-order chi connectivity index (χ0) is 16.2. The minimum Gasteiger partial charge on any atom is -0.473 e. The molecule has 0 unspecified atom stereocenters. The van der Waals surface area contributed by atoms with E-state index in [0.29, 0.717) is 6.54 Å². The number of nitrogens with one attached hydrogen (secondary N) is 1. The summed E-state index contributed by atoms with van der Waals surface area (Å²) in [7, 11) is 0. The van der Waals surface area contributed by atoms with Gasteiger partial charge in [-0.2, -0.15) is 0 Å². The fourth-order valence-electron chi connectivity index (χ4n) is 2.03. The minimum atomic E-state index is -1.82. The van der Waals surface area contributed by atoms with Crippen molar-refractivity contribution in [2.75, 3.05) is 6.54 Å². The molecule has 0 fully saturated rings. The second kappa shape index (κ2) is 7.10. The fraction of sp³-hybridized carbons (Fsp3) is 0.286. The Balaban J connectivity index is 0.000000315. The van der Waals surface area contributed by atoms with E-state index >= 15 is 0 Å². The summed E-state index contributed by atoms with van der Waals surface area (Å²) in [6.07, 6.45) is 0.910. The Labute approximate surface area is 126 Å². The molecular formula is C14H17ClN2O4. The SMILES string of the molecule is Cc1[nH]c2c(C)c(Cl)ccc2c1CCN.O=C(O)C(=O)O. The lowest BCUT2D eigenvalue weighted by Crippen LogP contribution is -2.09. The number of aryl methyl sites for hydroxylation is 2. The van der Waals surface area contributed by atoms with Crippen LogP contribution in [-0.4, -0.2) is 33.7 Å². The van der Waals surface area contributed by atoms with Gasteiger partial charge in [0.15, 0.2) is 0 Å². The van der Waals surface area contributed by atoms with E-state index in [9.17, 15) is 0 Å². The number of aromatic amines is 1. The van der Waals surface area contributed by atoms with Gasteiger partial charge in [-0.1, -0.05) is 17.7 Å². The quantitative estimate of drug-likeness (QED) is 0.634. The van der Waals surface area contributed by atoms with Crippen molar-refractivity contribution in [3.63, 3.8) is 0 Å². The van der Waals surface area contributed by atoms with E-state index in [-0.39, 0.29) is 0 Å². The second-order valence-corrected chi connectivity index (χ2v) is 4.88. The summed E-state index contributed by atoms with van der Waals surface area (Å²) in [4.78, 5) is 21.6. The van der Waals surface area contributed by atoms with E-state index < -0.39 is 11.9 Å². The van der Waals surface area contributed by atoms with E-state index in [0.717, 1.165) is 22.5 Å². The van der Waals surface area contributed by atoms with Crippen LogP contribution in [0.4, 0.5) is 0 Å². The zero-order valence-corrected chi connectivity index (χ0v) is 12.5. The first kappa shape index (κ1) is 17.0. The third kappa shape index (κ3) is 3.96. The number of carboxylic acids is 2. The number of nitrogens with two attached hydrogens (primary N) is 1. The Hall–Kier alpha value is -2.05. The van der Waals surface area contributed by atoms with Crippen molar-refractivity contribution in [3.05, 3.63) is 34.0 Å². The number of rotatable bonds is 2. The molecule has 1 heterocycles. The largest absolute Gasteiger partial charge is 0.473 e. The summed E-state index contributed by atoms with van der Waals surface area (Å²) in [5.74, 6) is -3.65. The average Bonchev–Trinajstić information content (AvgIpc) is 2.73. The molecule has 1 aromatic carbocycles. The highest BCUT2D eigenvalue weighted by atomic mass is 35.5. The molecule has 0 saturated carbocycles. The van der Waals surface area contributed by atoms with E-state index in [1.807, 2.05) is 13.0 Å². The molecule has 2 rings (SSSR count). The van der Waals surface area contributed by atoms with Crippen LogP contribution in [0.25, 0.3) is 10.9 Å². The van der Waals surface area contributed by atoms with Crippen molar-refractivity contribution in [3.8, 4) is 0 Å². The molecule has 1 aromatic heterocycles. The molecule has 2 aromatic rings. The van der Waals surface area contributed by atoms with Gasteiger partial charge in [0.05, 0.1) is 5.52 Å². The fourth-order valence-corrected chi connectivity index (χ4v) is 2.19. The first-order valence-electron chi connectivity index (χ1n) is 6.22. The molecule has 0 amide bonds. The first-order valence-corrected chi connectivity index (χ1v) is 6.59. The van der Waals surface area contributed by atoms with Crippen LogP contribution in [0.15, 0.2) is 12.1 Å². The molecule has 0 atom stereocenters. The molecule has 0 aliphatic rings. The Morgan fingerprint density at radius 3 is 2.29 bits per heavy atom. The average molecular weight is 313 g/mol. The number of carbonyl (C=O) groups is 2. The molecule has 6 nitrogen and oxygen atoms in total. The van der Waals surface area contributed by atoms with Gasteiger partial charge in [-0.3, -0.25) is 0 Å². The van der Waals surface area contributed by atoms with Crippen LogP contribution >= 0.6 is 11.6 Å². The van der Waals surface area contributed by atoms with Gasteiger partial charge in [-0.15, -0.1) is 0 Å². The van der Waals surface area contributed by atoms with E-state index in [2.05, 4.69) is 18.0 Å². The lowest BCUT2D eigenvalue weighted by Gasteiger charge is -2.01. The van der Waals surface area contributed by atoms with Gasteiger partial charge < -0.3 is 20.9 Å². The van der Waals surface area contributed by atoms with E-state index in [1.165, 1.54) is 16.6 Å². The van der Waals surface area contributed by atoms with Crippen molar-refractivity contribution in [1.29, 1.82) is 0 Å². The number of H-pyrrole nitrogens is 1. The standard InChI is InChI=1S/C12H15ClN2.C2H2O4/c1-7-11(13)4-3-10-9(5-6-14)8(2)15-12(7)10;3-1(4)2(5)6/h3-4,15H,5-6,14H2,1-2H3;(H,3,4)(H,5,6). The number of carboxylic acid groups (broad SMARTS) is 2. The Bertz CT molecular complexity index is 667. The van der Waals surface area contributed by atoms with Crippen LogP contribution < -0.4 is 5.73 Å². The minimum absolute atomic E-state index is 0.676. The van der Waals surface area contributed by atoms with Crippen LogP contribution in [0, 0.1) is 13.8 Å². The molecule has 0 radical (unpaired) electrons. The maximum Gasteiger partial charge on any atom is 0.414 e. The van der Waals surface area contributed by atoms with Gasteiger partial charge >= 0.3 is 11.9 Å². The predicted octanol–water partition coefficient (Wildman–Crippen LogP) is 2.09. The smallest absolute Gasteiger partial charge is 0.414 e. The third-order valence-electron chi connectivity index (χ3n) is 3.07. The Morgan fingerprint density at radius 1 is 1.24 bits per heavy atom. The topological polar surface area (TPSA) is 116 Å². The maximum atomic E-state index is 9.10. The van der Waals surface area contributed by atoms with Crippen molar-refractivity contribution in [1.82, 2.24) is 4.98 Å². The number of aliphatic carboxylic acids is 2. The van der Waals surface area contributed by atoms with Crippen molar-refractivity contribution in [2.24, 2.45) is 5.73 Å². The monoisotopic (exact) mass is 312 g/mol. The summed E-state index contributed by atoms with van der Waals surface area (Å²) >= 11 is 6.08. The van der Waals surface area contributed by atoms with Gasteiger partial charge in [0, 0.05) is 16.1 Å². The molecule has 0 aliphatic heterocycles. The lowest BCUT2D eigenvalue weighted by molar-refractivity contribution is -0.159. The van der Waals surface area contributed by atoms with Crippen LogP contribution in [0.2, 0.25) is 5.02 Å². The molecule has 7 heteroatoms. The number of hydrogen-bond donors (Lipinski definition) is 4. The lowest BCUT2D eigenvalue weighted by atomic mass is 10.1.